The fourth-order valence-electron chi connectivity index (χ4n) is 2.43. The molecule has 0 aromatic carbocycles. The maximum absolute atomic E-state index is 9.87. The fraction of sp³-hybridized carbons (Fsp3) is 0.667. The Bertz CT molecular complexity index is 406. The average Bonchev–Trinajstić information content (AvgIpc) is 2.56. The lowest BCUT2D eigenvalue weighted by Crippen LogP contribution is -2.38. The predicted octanol–water partition coefficient (Wildman–Crippen LogP) is 1.05. The predicted molar refractivity (Wildman–Crippen MR) is 74.8 cm³/mol. The van der Waals surface area contributed by atoms with Crippen molar-refractivity contribution in [1.29, 1.82) is 0 Å². The number of aryl methyl sites for hydroxylation is 1. The summed E-state index contributed by atoms with van der Waals surface area (Å²) in [6.07, 6.45) is 0.516. The summed E-state index contributed by atoms with van der Waals surface area (Å²) in [6, 6.07) is 2.21. The molecule has 0 aliphatic carbocycles. The smallest absolute Gasteiger partial charge is 0.133 e. The van der Waals surface area contributed by atoms with Gasteiger partial charge in [0.1, 0.15) is 16.2 Å². The third-order valence-corrected chi connectivity index (χ3v) is 3.46. The minimum absolute atomic E-state index is 0.274. The summed E-state index contributed by atoms with van der Waals surface area (Å²) >= 11 is 3.40. The van der Waals surface area contributed by atoms with Crippen LogP contribution in [0.5, 0.6) is 0 Å². The number of anilines is 1. The summed E-state index contributed by atoms with van der Waals surface area (Å²) in [5, 5.41) is 9.87. The van der Waals surface area contributed by atoms with E-state index >= 15 is 0 Å². The molecule has 1 saturated heterocycles. The van der Waals surface area contributed by atoms with E-state index in [1.165, 1.54) is 0 Å². The van der Waals surface area contributed by atoms with Crippen molar-refractivity contribution in [3.63, 3.8) is 0 Å². The van der Waals surface area contributed by atoms with Gasteiger partial charge in [-0.1, -0.05) is 0 Å². The molecule has 1 aliphatic heterocycles. The summed E-state index contributed by atoms with van der Waals surface area (Å²) in [4.78, 5) is 13.0. The molecular formula is C12H19BrN4O. The molecule has 5 nitrogen and oxygen atoms in total. The Morgan fingerprint density at radius 2 is 2.22 bits per heavy atom. The molecule has 1 N–H and O–H groups in total. The van der Waals surface area contributed by atoms with E-state index in [0.29, 0.717) is 12.6 Å². The maximum atomic E-state index is 9.87. The van der Waals surface area contributed by atoms with Crippen LogP contribution in [0.2, 0.25) is 0 Å². The van der Waals surface area contributed by atoms with Gasteiger partial charge in [-0.05, 0) is 43.4 Å². The first-order chi connectivity index (χ1) is 8.45. The van der Waals surface area contributed by atoms with Gasteiger partial charge in [-0.3, -0.25) is 0 Å². The Labute approximate surface area is 116 Å². The highest BCUT2D eigenvalue weighted by Gasteiger charge is 2.32. The normalized spacial score (nSPS) is 24.0. The molecule has 18 heavy (non-hydrogen) atoms. The second-order valence-corrected chi connectivity index (χ2v) is 5.87. The summed E-state index contributed by atoms with van der Waals surface area (Å²) in [5.74, 6) is 1.63. The van der Waals surface area contributed by atoms with E-state index in [2.05, 4.69) is 35.7 Å². The van der Waals surface area contributed by atoms with Crippen molar-refractivity contribution in [2.24, 2.45) is 0 Å². The molecule has 0 bridgehead atoms. The van der Waals surface area contributed by atoms with Crippen molar-refractivity contribution < 1.29 is 5.11 Å². The zero-order valence-electron chi connectivity index (χ0n) is 11.0. The third-order valence-electron chi connectivity index (χ3n) is 3.06. The van der Waals surface area contributed by atoms with E-state index in [9.17, 15) is 5.11 Å². The van der Waals surface area contributed by atoms with Crippen molar-refractivity contribution in [2.75, 3.05) is 32.1 Å². The summed E-state index contributed by atoms with van der Waals surface area (Å²) < 4.78 is 0.787. The third kappa shape index (κ3) is 3.18. The standard InChI is InChI=1S/C12H19BrN4O/c1-8-14-11(13)5-12(15-8)17-7-10(18)4-9(17)6-16(2)3/h5,9-10,18H,4,6-7H2,1-3H3. The molecule has 2 rings (SSSR count). The van der Waals surface area contributed by atoms with Gasteiger partial charge in [0.25, 0.3) is 0 Å². The van der Waals surface area contributed by atoms with Crippen LogP contribution in [0, 0.1) is 6.92 Å². The van der Waals surface area contributed by atoms with E-state index in [4.69, 9.17) is 0 Å². The zero-order valence-corrected chi connectivity index (χ0v) is 12.6. The zero-order chi connectivity index (χ0) is 13.3. The second-order valence-electron chi connectivity index (χ2n) is 5.05. The van der Waals surface area contributed by atoms with Crippen LogP contribution < -0.4 is 4.90 Å². The molecule has 1 aromatic rings. The number of aromatic nitrogens is 2. The number of hydrogen-bond acceptors (Lipinski definition) is 5. The SMILES string of the molecule is Cc1nc(Br)cc(N2CC(O)CC2CN(C)C)n1. The van der Waals surface area contributed by atoms with Crippen molar-refractivity contribution in [2.45, 2.75) is 25.5 Å². The molecule has 2 heterocycles. The van der Waals surface area contributed by atoms with Gasteiger partial charge in [0.05, 0.1) is 6.10 Å². The van der Waals surface area contributed by atoms with Crippen molar-refractivity contribution in [3.05, 3.63) is 16.5 Å². The van der Waals surface area contributed by atoms with Crippen LogP contribution in [0.4, 0.5) is 5.82 Å². The van der Waals surface area contributed by atoms with Gasteiger partial charge in [-0.2, -0.15) is 0 Å². The Balaban J connectivity index is 2.23. The van der Waals surface area contributed by atoms with E-state index in [0.717, 1.165) is 29.2 Å². The molecule has 2 unspecified atom stereocenters. The number of halogens is 1. The minimum Gasteiger partial charge on any atom is -0.391 e. The monoisotopic (exact) mass is 314 g/mol. The first-order valence-corrected chi connectivity index (χ1v) is 6.85. The largest absolute Gasteiger partial charge is 0.391 e. The molecule has 0 saturated carbocycles. The van der Waals surface area contributed by atoms with Crippen LogP contribution in [-0.2, 0) is 0 Å². The van der Waals surface area contributed by atoms with Gasteiger partial charge in [0.15, 0.2) is 0 Å². The molecule has 1 aromatic heterocycles. The molecular weight excluding hydrogens is 296 g/mol. The van der Waals surface area contributed by atoms with Gasteiger partial charge in [-0.15, -0.1) is 0 Å². The summed E-state index contributed by atoms with van der Waals surface area (Å²) in [6.45, 7) is 3.43. The molecule has 100 valence electrons. The first kappa shape index (κ1) is 13.7. The van der Waals surface area contributed by atoms with Crippen LogP contribution in [0.15, 0.2) is 10.7 Å². The van der Waals surface area contributed by atoms with Gasteiger partial charge in [-0.25, -0.2) is 9.97 Å². The molecule has 0 spiro atoms. The number of rotatable bonds is 3. The average molecular weight is 315 g/mol. The van der Waals surface area contributed by atoms with Crippen LogP contribution >= 0.6 is 15.9 Å². The minimum atomic E-state index is -0.274. The summed E-state index contributed by atoms with van der Waals surface area (Å²) in [5.41, 5.74) is 0. The van der Waals surface area contributed by atoms with Crippen molar-refractivity contribution >= 4 is 21.7 Å². The fourth-order valence-corrected chi connectivity index (χ4v) is 2.89. The topological polar surface area (TPSA) is 52.5 Å². The number of aliphatic hydroxyl groups excluding tert-OH is 1. The Hall–Kier alpha value is -0.720. The Morgan fingerprint density at radius 3 is 2.83 bits per heavy atom. The van der Waals surface area contributed by atoms with Crippen molar-refractivity contribution in [1.82, 2.24) is 14.9 Å². The first-order valence-electron chi connectivity index (χ1n) is 6.06. The van der Waals surface area contributed by atoms with Crippen LogP contribution in [0.25, 0.3) is 0 Å². The Kier molecular flexibility index (Phi) is 4.19. The maximum Gasteiger partial charge on any atom is 0.133 e. The van der Waals surface area contributed by atoms with Gasteiger partial charge < -0.3 is 14.9 Å². The lowest BCUT2D eigenvalue weighted by molar-refractivity contribution is 0.191. The number of β-amino-alcohol motifs (C(OH)–C–C–N with tert-alkyl or cyclic N) is 1. The van der Waals surface area contributed by atoms with Gasteiger partial charge in [0.2, 0.25) is 0 Å². The molecule has 1 aliphatic rings. The highest BCUT2D eigenvalue weighted by Crippen LogP contribution is 2.26. The van der Waals surface area contributed by atoms with Crippen LogP contribution in [0.1, 0.15) is 12.2 Å². The number of likely N-dealkylation sites (N-methyl/N-ethyl adjacent to an activating group) is 1. The molecule has 0 amide bonds. The second kappa shape index (κ2) is 5.50. The van der Waals surface area contributed by atoms with Crippen LogP contribution in [0.3, 0.4) is 0 Å². The lowest BCUT2D eigenvalue weighted by Gasteiger charge is -2.27. The summed E-state index contributed by atoms with van der Waals surface area (Å²) in [7, 11) is 4.09. The highest BCUT2D eigenvalue weighted by molar-refractivity contribution is 9.10. The number of hydrogen-bond donors (Lipinski definition) is 1. The van der Waals surface area contributed by atoms with E-state index in [1.54, 1.807) is 0 Å². The lowest BCUT2D eigenvalue weighted by atomic mass is 10.2. The Morgan fingerprint density at radius 1 is 1.50 bits per heavy atom. The van der Waals surface area contributed by atoms with E-state index in [1.807, 2.05) is 27.1 Å². The molecule has 1 fully saturated rings. The number of nitrogens with zero attached hydrogens (tertiary/aromatic N) is 4. The quantitative estimate of drug-likeness (QED) is 0.845. The number of aliphatic hydroxyl groups is 1. The molecule has 6 heteroatoms. The molecule has 2 atom stereocenters. The van der Waals surface area contributed by atoms with Crippen LogP contribution in [-0.4, -0.2) is 59.3 Å². The van der Waals surface area contributed by atoms with Gasteiger partial charge in [0, 0.05) is 25.2 Å². The molecule has 0 radical (unpaired) electrons. The van der Waals surface area contributed by atoms with E-state index in [-0.39, 0.29) is 6.10 Å². The van der Waals surface area contributed by atoms with Crippen molar-refractivity contribution in [3.8, 4) is 0 Å². The van der Waals surface area contributed by atoms with Gasteiger partial charge >= 0.3 is 0 Å². The van der Waals surface area contributed by atoms with E-state index < -0.39 is 0 Å². The highest BCUT2D eigenvalue weighted by atomic mass is 79.9.